The van der Waals surface area contributed by atoms with Crippen LogP contribution < -0.4 is 20.3 Å². The molecule has 0 saturated carbocycles. The highest BCUT2D eigenvalue weighted by molar-refractivity contribution is 14.0. The van der Waals surface area contributed by atoms with E-state index < -0.39 is 0 Å². The van der Waals surface area contributed by atoms with Crippen molar-refractivity contribution in [3.8, 4) is 5.75 Å². The first-order valence-corrected chi connectivity index (χ1v) is 11.6. The molecule has 178 valence electrons. The Kier molecular flexibility index (Phi) is 11.5. The number of thiazole rings is 1. The lowest BCUT2D eigenvalue weighted by molar-refractivity contribution is 0.0170. The number of guanidine groups is 1. The molecule has 1 aliphatic heterocycles. The first-order valence-electron chi connectivity index (χ1n) is 10.7. The molecule has 1 aromatic carbocycles. The van der Waals surface area contributed by atoms with Crippen molar-refractivity contribution in [1.29, 1.82) is 0 Å². The maximum atomic E-state index is 5.57. The summed E-state index contributed by atoms with van der Waals surface area (Å²) in [5.74, 6) is 1.67. The molecule has 8 nitrogen and oxygen atoms in total. The Bertz CT molecular complexity index is 824. The van der Waals surface area contributed by atoms with E-state index in [-0.39, 0.29) is 30.0 Å². The topological polar surface area (TPSA) is 74.2 Å². The third-order valence-electron chi connectivity index (χ3n) is 5.12. The van der Waals surface area contributed by atoms with E-state index in [1.165, 1.54) is 5.56 Å². The number of anilines is 1. The maximum Gasteiger partial charge on any atom is 0.191 e. The number of hydrogen-bond acceptors (Lipinski definition) is 7. The van der Waals surface area contributed by atoms with Crippen LogP contribution in [0.2, 0.25) is 0 Å². The largest absolute Gasteiger partial charge is 0.497 e. The highest BCUT2D eigenvalue weighted by atomic mass is 127. The van der Waals surface area contributed by atoms with Crippen LogP contribution in [-0.4, -0.2) is 76.4 Å². The van der Waals surface area contributed by atoms with Crippen LogP contribution in [0.3, 0.4) is 0 Å². The van der Waals surface area contributed by atoms with Crippen LogP contribution >= 0.6 is 35.3 Å². The van der Waals surface area contributed by atoms with Crippen LogP contribution in [0.25, 0.3) is 0 Å². The Morgan fingerprint density at radius 1 is 1.25 bits per heavy atom. The first-order chi connectivity index (χ1) is 15.1. The summed E-state index contributed by atoms with van der Waals surface area (Å²) in [6.07, 6.45) is 0. The maximum absolute atomic E-state index is 5.57. The average Bonchev–Trinajstić information content (AvgIpc) is 3.28. The van der Waals surface area contributed by atoms with Gasteiger partial charge in [-0.3, -0.25) is 4.90 Å². The second-order valence-corrected chi connectivity index (χ2v) is 8.37. The fourth-order valence-electron chi connectivity index (χ4n) is 3.44. The second kappa shape index (κ2) is 13.8. The lowest BCUT2D eigenvalue weighted by atomic mass is 10.0. The quantitative estimate of drug-likeness (QED) is 0.271. The molecule has 2 heterocycles. The van der Waals surface area contributed by atoms with Gasteiger partial charge >= 0.3 is 0 Å². The fraction of sp³-hybridized carbons (Fsp3) is 0.545. The van der Waals surface area contributed by atoms with Gasteiger partial charge in [-0.25, -0.2) is 9.98 Å². The summed E-state index contributed by atoms with van der Waals surface area (Å²) >= 11 is 1.64. The van der Waals surface area contributed by atoms with E-state index in [1.807, 2.05) is 31.1 Å². The molecule has 1 fully saturated rings. The SMILES string of the molecule is CCNC(=NCc1csc(N(C)C)n1)NCC(c1ccc(OC)cc1)N1CCOCC1.I. The fourth-order valence-corrected chi connectivity index (χ4v) is 4.19. The zero-order valence-electron chi connectivity index (χ0n) is 19.3. The van der Waals surface area contributed by atoms with E-state index in [4.69, 9.17) is 14.5 Å². The molecular formula is C22H35IN6O2S. The van der Waals surface area contributed by atoms with Crippen molar-refractivity contribution < 1.29 is 9.47 Å². The smallest absolute Gasteiger partial charge is 0.191 e. The Labute approximate surface area is 212 Å². The van der Waals surface area contributed by atoms with E-state index in [0.717, 1.165) is 61.9 Å². The number of nitrogens with one attached hydrogen (secondary N) is 2. The highest BCUT2D eigenvalue weighted by Crippen LogP contribution is 2.24. The summed E-state index contributed by atoms with van der Waals surface area (Å²) in [6, 6.07) is 8.54. The Morgan fingerprint density at radius 2 is 1.97 bits per heavy atom. The molecule has 1 unspecified atom stereocenters. The minimum absolute atomic E-state index is 0. The molecule has 1 atom stereocenters. The third kappa shape index (κ3) is 7.75. The normalized spacial score (nSPS) is 15.6. The van der Waals surface area contributed by atoms with Gasteiger partial charge in [0.2, 0.25) is 0 Å². The average molecular weight is 575 g/mol. The lowest BCUT2D eigenvalue weighted by Crippen LogP contribution is -2.46. The molecule has 1 aliphatic rings. The van der Waals surface area contributed by atoms with Gasteiger partial charge in [0.25, 0.3) is 0 Å². The zero-order chi connectivity index (χ0) is 22.1. The predicted molar refractivity (Wildman–Crippen MR) is 143 cm³/mol. The summed E-state index contributed by atoms with van der Waals surface area (Å²) in [5.41, 5.74) is 2.23. The number of aliphatic imine (C=N–C) groups is 1. The number of benzene rings is 1. The van der Waals surface area contributed by atoms with E-state index in [0.29, 0.717) is 6.54 Å². The van der Waals surface area contributed by atoms with Crippen LogP contribution in [0, 0.1) is 0 Å². The van der Waals surface area contributed by atoms with E-state index >= 15 is 0 Å². The van der Waals surface area contributed by atoms with Crippen molar-refractivity contribution in [3.63, 3.8) is 0 Å². The minimum atomic E-state index is 0. The van der Waals surface area contributed by atoms with Gasteiger partial charge in [-0.05, 0) is 24.6 Å². The summed E-state index contributed by atoms with van der Waals surface area (Å²) in [6.45, 7) is 7.53. The first kappa shape index (κ1) is 26.6. The van der Waals surface area contributed by atoms with E-state index in [1.54, 1.807) is 18.4 Å². The van der Waals surface area contributed by atoms with Gasteiger partial charge in [0.15, 0.2) is 11.1 Å². The van der Waals surface area contributed by atoms with Gasteiger partial charge in [0.1, 0.15) is 5.75 Å². The molecule has 2 aromatic rings. The number of nitrogens with zero attached hydrogens (tertiary/aromatic N) is 4. The Morgan fingerprint density at radius 3 is 2.56 bits per heavy atom. The standard InChI is InChI=1S/C22H34N6O2S.HI/c1-5-23-21(24-14-18-16-31-22(26-18)27(2)3)25-15-20(28-10-12-30-13-11-28)17-6-8-19(29-4)9-7-17;/h6-9,16,20H,5,10-15H2,1-4H3,(H2,23,24,25);1H. The molecular weight excluding hydrogens is 539 g/mol. The summed E-state index contributed by atoms with van der Waals surface area (Å²) in [5, 5.41) is 9.95. The van der Waals surface area contributed by atoms with Crippen molar-refractivity contribution >= 4 is 46.4 Å². The highest BCUT2D eigenvalue weighted by Gasteiger charge is 2.23. The van der Waals surface area contributed by atoms with Crippen molar-refractivity contribution in [2.75, 3.05) is 65.5 Å². The number of rotatable bonds is 9. The molecule has 0 spiro atoms. The molecule has 0 radical (unpaired) electrons. The van der Waals surface area contributed by atoms with Gasteiger partial charge in [0.05, 0.1) is 38.6 Å². The number of morpholine rings is 1. The molecule has 2 N–H and O–H groups in total. The molecule has 32 heavy (non-hydrogen) atoms. The lowest BCUT2D eigenvalue weighted by Gasteiger charge is -2.35. The van der Waals surface area contributed by atoms with Gasteiger partial charge in [-0.1, -0.05) is 12.1 Å². The molecule has 10 heteroatoms. The number of halogens is 1. The van der Waals surface area contributed by atoms with Crippen LogP contribution in [0.5, 0.6) is 5.75 Å². The van der Waals surface area contributed by atoms with Crippen molar-refractivity contribution in [3.05, 3.63) is 40.9 Å². The molecule has 1 aromatic heterocycles. The summed E-state index contributed by atoms with van der Waals surface area (Å²) < 4.78 is 10.9. The van der Waals surface area contributed by atoms with Gasteiger partial charge in [-0.2, -0.15) is 0 Å². The number of aromatic nitrogens is 1. The van der Waals surface area contributed by atoms with E-state index in [9.17, 15) is 0 Å². The molecule has 0 bridgehead atoms. The Balaban J connectivity index is 0.00000363. The van der Waals surface area contributed by atoms with Crippen molar-refractivity contribution in [1.82, 2.24) is 20.5 Å². The number of methoxy groups -OCH3 is 1. The van der Waals surface area contributed by atoms with Crippen LogP contribution in [-0.2, 0) is 11.3 Å². The second-order valence-electron chi connectivity index (χ2n) is 7.53. The van der Waals surface area contributed by atoms with Crippen LogP contribution in [0.15, 0.2) is 34.6 Å². The molecule has 1 saturated heterocycles. The van der Waals surface area contributed by atoms with Gasteiger partial charge in [0, 0.05) is 45.7 Å². The van der Waals surface area contributed by atoms with Gasteiger partial charge in [-0.15, -0.1) is 35.3 Å². The zero-order valence-corrected chi connectivity index (χ0v) is 22.5. The van der Waals surface area contributed by atoms with Gasteiger partial charge < -0.3 is 25.0 Å². The number of ether oxygens (including phenoxy) is 2. The predicted octanol–water partition coefficient (Wildman–Crippen LogP) is 2.96. The van der Waals surface area contributed by atoms with Crippen LogP contribution in [0.4, 0.5) is 5.13 Å². The third-order valence-corrected chi connectivity index (χ3v) is 6.17. The summed E-state index contributed by atoms with van der Waals surface area (Å²) in [7, 11) is 5.70. The summed E-state index contributed by atoms with van der Waals surface area (Å²) in [4.78, 5) is 13.9. The Hall–Kier alpha value is -1.63. The van der Waals surface area contributed by atoms with Crippen molar-refractivity contribution in [2.24, 2.45) is 4.99 Å². The van der Waals surface area contributed by atoms with Crippen LogP contribution in [0.1, 0.15) is 24.2 Å². The number of hydrogen-bond donors (Lipinski definition) is 2. The minimum Gasteiger partial charge on any atom is -0.497 e. The van der Waals surface area contributed by atoms with Crippen molar-refractivity contribution in [2.45, 2.75) is 19.5 Å². The molecule has 0 amide bonds. The molecule has 0 aliphatic carbocycles. The molecule has 3 rings (SSSR count). The monoisotopic (exact) mass is 574 g/mol. The van der Waals surface area contributed by atoms with E-state index in [2.05, 4.69) is 45.0 Å².